The molecule has 2 rings (SSSR count). The lowest BCUT2D eigenvalue weighted by atomic mass is 9.76. The van der Waals surface area contributed by atoms with Crippen LogP contribution in [0.25, 0.3) is 0 Å². The first kappa shape index (κ1) is 14.4. The molecule has 1 N–H and O–H groups in total. The Bertz CT molecular complexity index is 386. The normalized spacial score (nSPS) is 24.3. The van der Waals surface area contributed by atoms with Crippen LogP contribution < -0.4 is 5.32 Å². The van der Waals surface area contributed by atoms with E-state index in [0.717, 1.165) is 23.2 Å². The van der Waals surface area contributed by atoms with Gasteiger partial charge in [-0.05, 0) is 49.3 Å². The van der Waals surface area contributed by atoms with Gasteiger partial charge < -0.3 is 5.32 Å². The molecule has 1 heterocycles. The number of hydrogen-bond donors (Lipinski definition) is 1. The van der Waals surface area contributed by atoms with E-state index in [0.29, 0.717) is 11.5 Å². The van der Waals surface area contributed by atoms with Crippen molar-refractivity contribution >= 4 is 22.9 Å². The standard InChI is InChI=1S/C15H24ClNS/c1-4-17-13(10-11-7-8-14(16)18-11)12-6-5-9-15(12,2)3/h7-8,12-13,17H,4-6,9-10H2,1-3H3. The van der Waals surface area contributed by atoms with Crippen LogP contribution in [0, 0.1) is 11.3 Å². The zero-order valence-electron chi connectivity index (χ0n) is 11.6. The predicted molar refractivity (Wildman–Crippen MR) is 81.6 cm³/mol. The Kier molecular flexibility index (Phi) is 4.74. The van der Waals surface area contributed by atoms with Gasteiger partial charge in [0, 0.05) is 10.9 Å². The van der Waals surface area contributed by atoms with Crippen LogP contribution in [0.5, 0.6) is 0 Å². The lowest BCUT2D eigenvalue weighted by Gasteiger charge is -2.34. The van der Waals surface area contributed by atoms with Crippen molar-refractivity contribution in [3.05, 3.63) is 21.3 Å². The Morgan fingerprint density at radius 1 is 1.50 bits per heavy atom. The van der Waals surface area contributed by atoms with Crippen molar-refractivity contribution in [1.82, 2.24) is 5.32 Å². The van der Waals surface area contributed by atoms with E-state index >= 15 is 0 Å². The minimum atomic E-state index is 0.480. The molecule has 1 fully saturated rings. The van der Waals surface area contributed by atoms with E-state index < -0.39 is 0 Å². The molecular weight excluding hydrogens is 262 g/mol. The minimum Gasteiger partial charge on any atom is -0.314 e. The van der Waals surface area contributed by atoms with Gasteiger partial charge in [-0.3, -0.25) is 0 Å². The van der Waals surface area contributed by atoms with Crippen molar-refractivity contribution in [3.63, 3.8) is 0 Å². The van der Waals surface area contributed by atoms with E-state index in [1.165, 1.54) is 24.1 Å². The summed E-state index contributed by atoms with van der Waals surface area (Å²) in [6.07, 6.45) is 5.23. The molecule has 3 heteroatoms. The van der Waals surface area contributed by atoms with E-state index in [1.54, 1.807) is 11.3 Å². The number of thiophene rings is 1. The highest BCUT2D eigenvalue weighted by Crippen LogP contribution is 2.45. The first-order chi connectivity index (χ1) is 8.53. The first-order valence-electron chi connectivity index (χ1n) is 7.00. The topological polar surface area (TPSA) is 12.0 Å². The molecule has 2 atom stereocenters. The average Bonchev–Trinajstić information content (AvgIpc) is 2.84. The summed E-state index contributed by atoms with van der Waals surface area (Å²) in [6, 6.07) is 4.80. The fraction of sp³-hybridized carbons (Fsp3) is 0.733. The number of halogens is 1. The maximum Gasteiger partial charge on any atom is 0.0931 e. The summed E-state index contributed by atoms with van der Waals surface area (Å²) in [6.45, 7) is 8.11. The molecule has 0 radical (unpaired) electrons. The van der Waals surface area contributed by atoms with Crippen LogP contribution in [-0.2, 0) is 6.42 Å². The van der Waals surface area contributed by atoms with Gasteiger partial charge in [0.05, 0.1) is 4.34 Å². The van der Waals surface area contributed by atoms with Crippen LogP contribution >= 0.6 is 22.9 Å². The third-order valence-corrected chi connectivity index (χ3v) is 5.60. The van der Waals surface area contributed by atoms with E-state index in [9.17, 15) is 0 Å². The van der Waals surface area contributed by atoms with E-state index in [1.807, 2.05) is 6.07 Å². The Hall–Kier alpha value is -0.0500. The smallest absolute Gasteiger partial charge is 0.0931 e. The van der Waals surface area contributed by atoms with Gasteiger partial charge >= 0.3 is 0 Å². The zero-order chi connectivity index (χ0) is 13.2. The summed E-state index contributed by atoms with van der Waals surface area (Å²) in [7, 11) is 0. The maximum absolute atomic E-state index is 6.03. The molecule has 1 aliphatic carbocycles. The molecule has 1 aromatic heterocycles. The Morgan fingerprint density at radius 3 is 2.78 bits per heavy atom. The van der Waals surface area contributed by atoms with Crippen molar-refractivity contribution in [1.29, 1.82) is 0 Å². The lowest BCUT2D eigenvalue weighted by Crippen LogP contribution is -2.42. The zero-order valence-corrected chi connectivity index (χ0v) is 13.2. The van der Waals surface area contributed by atoms with Crippen molar-refractivity contribution in [2.45, 2.75) is 52.5 Å². The molecule has 0 aromatic carbocycles. The van der Waals surface area contributed by atoms with E-state index in [2.05, 4.69) is 32.2 Å². The van der Waals surface area contributed by atoms with Crippen LogP contribution in [0.3, 0.4) is 0 Å². The van der Waals surface area contributed by atoms with Crippen LogP contribution in [0.4, 0.5) is 0 Å². The Balaban J connectivity index is 2.08. The van der Waals surface area contributed by atoms with Gasteiger partial charge in [-0.1, -0.05) is 38.8 Å². The fourth-order valence-corrected chi connectivity index (χ4v) is 4.54. The monoisotopic (exact) mass is 285 g/mol. The van der Waals surface area contributed by atoms with Gasteiger partial charge in [0.25, 0.3) is 0 Å². The van der Waals surface area contributed by atoms with Crippen molar-refractivity contribution in [2.24, 2.45) is 11.3 Å². The summed E-state index contributed by atoms with van der Waals surface area (Å²) in [5.41, 5.74) is 0.480. The summed E-state index contributed by atoms with van der Waals surface area (Å²) < 4.78 is 0.908. The van der Waals surface area contributed by atoms with Crippen molar-refractivity contribution in [3.8, 4) is 0 Å². The molecule has 2 unspecified atom stereocenters. The van der Waals surface area contributed by atoms with Crippen LogP contribution in [0.2, 0.25) is 4.34 Å². The number of hydrogen-bond acceptors (Lipinski definition) is 2. The number of rotatable bonds is 5. The second kappa shape index (κ2) is 5.94. The summed E-state index contributed by atoms with van der Waals surface area (Å²) in [5.74, 6) is 0.790. The van der Waals surface area contributed by atoms with Crippen LogP contribution in [0.1, 0.15) is 44.9 Å². The molecule has 102 valence electrons. The van der Waals surface area contributed by atoms with Gasteiger partial charge in [-0.2, -0.15) is 0 Å². The summed E-state index contributed by atoms with van der Waals surface area (Å²) in [5, 5.41) is 3.70. The SMILES string of the molecule is CCNC(Cc1ccc(Cl)s1)C1CCCC1(C)C. The predicted octanol–water partition coefficient (Wildman–Crippen LogP) is 4.75. The molecule has 1 aromatic rings. The first-order valence-corrected chi connectivity index (χ1v) is 8.20. The van der Waals surface area contributed by atoms with E-state index in [4.69, 9.17) is 11.6 Å². The molecule has 0 spiro atoms. The number of likely N-dealkylation sites (N-methyl/N-ethyl adjacent to an activating group) is 1. The van der Waals surface area contributed by atoms with Gasteiger partial charge in [-0.15, -0.1) is 11.3 Å². The third-order valence-electron chi connectivity index (χ3n) is 4.34. The highest BCUT2D eigenvalue weighted by Gasteiger charge is 2.39. The van der Waals surface area contributed by atoms with Gasteiger partial charge in [0.15, 0.2) is 0 Å². The molecule has 0 bridgehead atoms. The highest BCUT2D eigenvalue weighted by molar-refractivity contribution is 7.16. The van der Waals surface area contributed by atoms with Crippen molar-refractivity contribution in [2.75, 3.05) is 6.54 Å². The molecular formula is C15H24ClNS. The second-order valence-corrected chi connectivity index (χ2v) is 7.86. The molecule has 1 nitrogen and oxygen atoms in total. The second-order valence-electron chi connectivity index (χ2n) is 6.06. The molecule has 1 saturated carbocycles. The Morgan fingerprint density at radius 2 is 2.28 bits per heavy atom. The minimum absolute atomic E-state index is 0.480. The van der Waals surface area contributed by atoms with Gasteiger partial charge in [0.1, 0.15) is 0 Å². The van der Waals surface area contributed by atoms with Crippen molar-refractivity contribution < 1.29 is 0 Å². The van der Waals surface area contributed by atoms with Crippen LogP contribution in [0.15, 0.2) is 12.1 Å². The van der Waals surface area contributed by atoms with E-state index in [-0.39, 0.29) is 0 Å². The lowest BCUT2D eigenvalue weighted by molar-refractivity contribution is 0.197. The summed E-state index contributed by atoms with van der Waals surface area (Å²) in [4.78, 5) is 1.41. The highest BCUT2D eigenvalue weighted by atomic mass is 35.5. The average molecular weight is 286 g/mol. The fourth-order valence-electron chi connectivity index (χ4n) is 3.40. The molecule has 18 heavy (non-hydrogen) atoms. The molecule has 0 saturated heterocycles. The number of nitrogens with one attached hydrogen (secondary N) is 1. The molecule has 0 amide bonds. The Labute approximate surface area is 120 Å². The molecule has 0 aliphatic heterocycles. The van der Waals surface area contributed by atoms with Crippen LogP contribution in [-0.4, -0.2) is 12.6 Å². The third kappa shape index (κ3) is 3.28. The summed E-state index contributed by atoms with van der Waals surface area (Å²) >= 11 is 7.76. The quantitative estimate of drug-likeness (QED) is 0.823. The largest absolute Gasteiger partial charge is 0.314 e. The maximum atomic E-state index is 6.03. The van der Waals surface area contributed by atoms with Gasteiger partial charge in [0.2, 0.25) is 0 Å². The molecule has 1 aliphatic rings. The van der Waals surface area contributed by atoms with Gasteiger partial charge in [-0.25, -0.2) is 0 Å².